The van der Waals surface area contributed by atoms with Crippen LogP contribution in [0.3, 0.4) is 0 Å². The number of nitrogens with zero attached hydrogens (tertiary/aromatic N) is 4. The molecule has 0 saturated carbocycles. The second kappa shape index (κ2) is 57.4. The number of carboxylic acid groups (broad SMARTS) is 1. The number of phenolic OH excluding ortho intramolecular Hbond substituents is 1. The number of likely N-dealkylation sites (N-methyl/N-ethyl adjacent to an activating group) is 1. The number of aliphatic carboxylic acids is 1. The Bertz CT molecular complexity index is 3180. The van der Waals surface area contributed by atoms with Crippen molar-refractivity contribution in [2.45, 2.75) is 187 Å². The second-order valence-corrected chi connectivity index (χ2v) is 30.9. The quantitative estimate of drug-likeness (QED) is 0.0175. The van der Waals surface area contributed by atoms with E-state index in [4.69, 9.17) is 52.1 Å². The number of hydrogen-bond donors (Lipinski definition) is 6. The number of carbonyl (C=O) groups excluding carboxylic acids is 10. The summed E-state index contributed by atoms with van der Waals surface area (Å²) < 4.78 is 60.0. The first-order valence-electron chi connectivity index (χ1n) is 39.4. The van der Waals surface area contributed by atoms with Gasteiger partial charge in [0.1, 0.15) is 23.1 Å². The molecule has 1 aromatic heterocycles. The number of hydrogen-bond acceptors (Lipinski definition) is 27. The fourth-order valence-corrected chi connectivity index (χ4v) is 13.4. The minimum absolute atomic E-state index is 0.000878. The molecule has 113 heavy (non-hydrogen) atoms. The van der Waals surface area contributed by atoms with Gasteiger partial charge in [-0.15, -0.1) is 11.3 Å². The molecule has 8 atom stereocenters. The van der Waals surface area contributed by atoms with Crippen LogP contribution in [0.1, 0.15) is 172 Å². The molecule has 2 heterocycles. The fraction of sp³-hybridized carbons (Fsp3) is 0.747. The number of aromatic nitrogens is 1. The van der Waals surface area contributed by atoms with Gasteiger partial charge < -0.3 is 88.5 Å². The summed E-state index contributed by atoms with van der Waals surface area (Å²) in [6.07, 6.45) is 3.46. The number of phenols is 1. The summed E-state index contributed by atoms with van der Waals surface area (Å²) in [5.74, 6) is -6.85. The van der Waals surface area contributed by atoms with Crippen LogP contribution in [0.15, 0.2) is 23.6 Å². The summed E-state index contributed by atoms with van der Waals surface area (Å²) in [4.78, 5) is 155. The second-order valence-electron chi connectivity index (χ2n) is 29.0. The lowest BCUT2D eigenvalue weighted by atomic mass is 9.81. The Morgan fingerprint density at radius 2 is 1.26 bits per heavy atom. The van der Waals surface area contributed by atoms with Gasteiger partial charge in [0.2, 0.25) is 35.4 Å². The van der Waals surface area contributed by atoms with Crippen molar-refractivity contribution in [3.05, 3.63) is 39.8 Å². The summed E-state index contributed by atoms with van der Waals surface area (Å²) in [5.41, 5.74) is -0.265. The number of methoxy groups -OCH3 is 1. The van der Waals surface area contributed by atoms with Gasteiger partial charge in [-0.05, 0) is 115 Å². The van der Waals surface area contributed by atoms with E-state index in [1.54, 1.807) is 31.4 Å². The number of unbranched alkanes of at least 4 members (excludes halogenated alkanes) is 2. The number of carbonyl (C=O) groups is 11. The van der Waals surface area contributed by atoms with E-state index < -0.39 is 76.5 Å². The molecule has 34 heteroatoms. The normalized spacial score (nSPS) is 15.0. The van der Waals surface area contributed by atoms with Gasteiger partial charge in [-0.1, -0.05) is 47.1 Å². The summed E-state index contributed by atoms with van der Waals surface area (Å²) in [5, 5.41) is 33.5. The molecule has 7 amide bonds. The number of imide groups is 1. The molecular formula is C79H130N8O24S2. The van der Waals surface area contributed by atoms with Crippen LogP contribution in [0.5, 0.6) is 5.75 Å². The highest BCUT2D eigenvalue weighted by molar-refractivity contribution is 8.00. The maximum atomic E-state index is 14.5. The van der Waals surface area contributed by atoms with Crippen molar-refractivity contribution in [1.29, 1.82) is 0 Å². The van der Waals surface area contributed by atoms with E-state index >= 15 is 0 Å². The van der Waals surface area contributed by atoms with E-state index in [1.165, 1.54) is 43.1 Å². The number of nitrogens with one attached hydrogen (secondary N) is 4. The number of amides is 7. The number of thiazole rings is 1. The predicted molar refractivity (Wildman–Crippen MR) is 425 cm³/mol. The van der Waals surface area contributed by atoms with Gasteiger partial charge in [0.15, 0.2) is 17.7 Å². The number of ketones is 2. The van der Waals surface area contributed by atoms with Crippen molar-refractivity contribution in [2.75, 3.05) is 178 Å². The number of esters is 1. The number of rotatable bonds is 67. The molecule has 1 saturated heterocycles. The molecule has 1 aromatic carbocycles. The van der Waals surface area contributed by atoms with E-state index in [9.17, 15) is 63.0 Å². The molecular weight excluding hydrogens is 1510 g/mol. The van der Waals surface area contributed by atoms with Crippen molar-refractivity contribution in [3.8, 4) is 5.75 Å². The van der Waals surface area contributed by atoms with Crippen LogP contribution in [-0.4, -0.2) is 297 Å². The highest BCUT2D eigenvalue weighted by Crippen LogP contribution is 2.34. The largest absolute Gasteiger partial charge is 0.506 e. The summed E-state index contributed by atoms with van der Waals surface area (Å²) in [6, 6.07) is 2.25. The van der Waals surface area contributed by atoms with Crippen molar-refractivity contribution >= 4 is 93.6 Å². The summed E-state index contributed by atoms with van der Waals surface area (Å²) >= 11 is 2.37. The van der Waals surface area contributed by atoms with E-state index in [0.717, 1.165) is 16.2 Å². The van der Waals surface area contributed by atoms with Gasteiger partial charge in [-0.3, -0.25) is 62.5 Å². The molecule has 3 rings (SSSR count). The highest BCUT2D eigenvalue weighted by atomic mass is 32.2. The molecule has 2 aromatic rings. The van der Waals surface area contributed by atoms with Gasteiger partial charge in [-0.2, -0.15) is 11.8 Å². The third-order valence-electron chi connectivity index (χ3n) is 19.4. The lowest BCUT2D eigenvalue weighted by Gasteiger charge is -2.38. The van der Waals surface area contributed by atoms with Crippen molar-refractivity contribution in [3.63, 3.8) is 0 Å². The molecule has 0 radical (unpaired) electrons. The Morgan fingerprint density at radius 1 is 0.708 bits per heavy atom. The zero-order valence-corrected chi connectivity index (χ0v) is 70.6. The molecule has 0 aliphatic carbocycles. The van der Waals surface area contributed by atoms with E-state index in [1.807, 2.05) is 60.5 Å². The number of ether oxygens (including phenoxy) is 11. The van der Waals surface area contributed by atoms with Crippen LogP contribution in [-0.2, 0) is 106 Å². The van der Waals surface area contributed by atoms with Crippen molar-refractivity contribution in [1.82, 2.24) is 35.6 Å². The monoisotopic (exact) mass is 1640 g/mol. The minimum Gasteiger partial charge on any atom is -0.506 e. The third kappa shape index (κ3) is 40.7. The van der Waals surface area contributed by atoms with E-state index in [0.29, 0.717) is 131 Å². The average Bonchev–Trinajstić information content (AvgIpc) is 1.76. The average molecular weight is 1640 g/mol. The lowest BCUT2D eigenvalue weighted by molar-refractivity contribution is -0.150. The zero-order chi connectivity index (χ0) is 83.7. The maximum Gasteiger partial charge on any atom is 0.306 e. The number of anilines is 1. The Hall–Kier alpha value is -6.67. The molecule has 1 aliphatic rings. The molecule has 1 fully saturated rings. The molecule has 1 aliphatic heterocycles. The number of Topliss-reactive ketones (excluding diaryl/α,β-unsaturated/α-hetero) is 2. The van der Waals surface area contributed by atoms with Crippen molar-refractivity contribution in [2.24, 2.45) is 23.7 Å². The lowest BCUT2D eigenvalue weighted by Crippen LogP contribution is -2.50. The third-order valence-corrected chi connectivity index (χ3v) is 21.3. The van der Waals surface area contributed by atoms with Gasteiger partial charge in [0, 0.05) is 96.1 Å². The first-order valence-corrected chi connectivity index (χ1v) is 41.5. The van der Waals surface area contributed by atoms with Crippen LogP contribution < -0.4 is 21.3 Å². The molecule has 0 spiro atoms. The smallest absolute Gasteiger partial charge is 0.306 e. The van der Waals surface area contributed by atoms with Gasteiger partial charge >= 0.3 is 11.9 Å². The van der Waals surface area contributed by atoms with Gasteiger partial charge in [0.25, 0.3) is 5.91 Å². The number of likely N-dealkylation sites (tertiary alicyclic amines) is 1. The number of benzene rings is 1. The maximum absolute atomic E-state index is 14.5. The molecule has 2 unspecified atom stereocenters. The van der Waals surface area contributed by atoms with Crippen LogP contribution in [0.25, 0.3) is 0 Å². The zero-order valence-electron chi connectivity index (χ0n) is 68.9. The fourth-order valence-electron chi connectivity index (χ4n) is 11.9. The van der Waals surface area contributed by atoms with E-state index in [2.05, 4.69) is 26.3 Å². The molecule has 32 nitrogen and oxygen atoms in total. The Kier molecular flexibility index (Phi) is 51.1. The number of thioether (sulfide) groups is 1. The minimum atomic E-state index is -1.11. The van der Waals surface area contributed by atoms with Crippen LogP contribution in [0.2, 0.25) is 0 Å². The van der Waals surface area contributed by atoms with E-state index in [-0.39, 0.29) is 179 Å². The summed E-state index contributed by atoms with van der Waals surface area (Å²) in [7, 11) is 6.96. The standard InChI is InChI=1S/C79H130N8O24S2/c1-14-55(4)60(49-69(91)79(7,8)85(9)10)76(97)86(11)64(54(2)3)50-67(111-57(6)88)75-84-63(53-113-75)74(96)81-59(46-56(5)78(99)100)47-58-24-25-66(90)62(48-58)83-70(92)22-16-15-21-65(89)61(82-71(93)23-19-27-87-73(95)51-68(112-13)77(87)98)20-17-18-26-80-72(94)52-110-45-44-109-43-42-108-41-40-107-39-38-106-37-36-105-35-34-104-33-32-103-31-30-102-29-28-101-12/h24-25,48,53-56,59-61,64,67-68,90H,14-23,26-47,49-52H2,1-13H3,(H,80,94)(H,81,96)(H,82,93)(H,83,92)(H,99,100)/t55-,56?,59+,60-,61-,64+,67+,68?/m0/s1. The Morgan fingerprint density at radius 3 is 1.77 bits per heavy atom. The Labute approximate surface area is 675 Å². The number of aromatic hydroxyl groups is 1. The molecule has 6 N–H and O–H groups in total. The van der Waals surface area contributed by atoms with Gasteiger partial charge in [0.05, 0.1) is 147 Å². The first kappa shape index (κ1) is 101. The Balaban J connectivity index is 1.49. The van der Waals surface area contributed by atoms with Gasteiger partial charge in [-0.25, -0.2) is 4.98 Å². The summed E-state index contributed by atoms with van der Waals surface area (Å²) in [6.45, 7) is 21.9. The molecule has 642 valence electrons. The SMILES string of the molecule is CC[C@H](C)[C@H](CC(=O)C(C)(C)N(C)C)C(=O)N(C)[C@H](C[C@@H](OC(C)=O)c1nc(C(=O)N[C@@H](Cc2ccc(O)c(NC(=O)CCCCC(=O)[C@H](CCCCNC(=O)COCCOCCOCCOCCOCCOCCOCCOCCOCCOC)NC(=O)CCCN3C(=O)CC(SC)C3=O)c2)CC(C)C(=O)O)cs1)C(C)C. The van der Waals surface area contributed by atoms with Crippen molar-refractivity contribution < 1.29 is 115 Å². The highest BCUT2D eigenvalue weighted by Gasteiger charge is 2.40. The van der Waals surface area contributed by atoms with Crippen LogP contribution in [0.4, 0.5) is 5.69 Å². The number of carboxylic acids is 1. The topological polar surface area (TPSA) is 400 Å². The van der Waals surface area contributed by atoms with Crippen LogP contribution >= 0.6 is 23.1 Å². The van der Waals surface area contributed by atoms with Crippen LogP contribution in [0, 0.1) is 23.7 Å². The molecule has 0 bridgehead atoms. The first-order chi connectivity index (χ1) is 53.9. The predicted octanol–water partition coefficient (Wildman–Crippen LogP) is 6.65.